The zero-order valence-electron chi connectivity index (χ0n) is 12.0. The molecule has 1 rings (SSSR count). The van der Waals surface area contributed by atoms with Gasteiger partial charge in [0.2, 0.25) is 5.91 Å². The number of nitrogens with zero attached hydrogens (tertiary/aromatic N) is 1. The van der Waals surface area contributed by atoms with E-state index in [9.17, 15) is 4.79 Å². The van der Waals surface area contributed by atoms with Gasteiger partial charge in [-0.3, -0.25) is 4.79 Å². The third kappa shape index (κ3) is 4.97. The lowest BCUT2D eigenvalue weighted by Crippen LogP contribution is -2.29. The van der Waals surface area contributed by atoms with Gasteiger partial charge in [-0.1, -0.05) is 35.7 Å². The van der Waals surface area contributed by atoms with Crippen molar-refractivity contribution in [3.8, 4) is 0 Å². The molecule has 112 valence electrons. The Morgan fingerprint density at radius 3 is 2.60 bits per heavy atom. The fraction of sp³-hybridized carbons (Fsp3) is 0.533. The number of hydrogen-bond donors (Lipinski definition) is 1. The van der Waals surface area contributed by atoms with Crippen LogP contribution in [-0.4, -0.2) is 24.4 Å². The summed E-state index contributed by atoms with van der Waals surface area (Å²) >= 11 is 12.1. The second-order valence-corrected chi connectivity index (χ2v) is 5.79. The lowest BCUT2D eigenvalue weighted by molar-refractivity contribution is -0.131. The van der Waals surface area contributed by atoms with E-state index in [0.29, 0.717) is 23.0 Å². The highest BCUT2D eigenvalue weighted by Crippen LogP contribution is 2.29. The number of unbranched alkanes of at least 4 members (excludes halogenated alkanes) is 2. The van der Waals surface area contributed by atoms with Gasteiger partial charge in [-0.05, 0) is 44.0 Å². The molecule has 1 aromatic carbocycles. The van der Waals surface area contributed by atoms with Gasteiger partial charge in [-0.2, -0.15) is 0 Å². The third-order valence-corrected chi connectivity index (χ3v) is 4.04. The van der Waals surface area contributed by atoms with Gasteiger partial charge in [0.05, 0.1) is 6.04 Å². The van der Waals surface area contributed by atoms with E-state index in [1.165, 1.54) is 0 Å². The zero-order chi connectivity index (χ0) is 15.1. The highest BCUT2D eigenvalue weighted by molar-refractivity contribution is 6.35. The summed E-state index contributed by atoms with van der Waals surface area (Å²) in [7, 11) is 1.81. The van der Waals surface area contributed by atoms with Gasteiger partial charge in [0, 0.05) is 23.5 Å². The van der Waals surface area contributed by atoms with Gasteiger partial charge in [0.15, 0.2) is 0 Å². The highest BCUT2D eigenvalue weighted by Gasteiger charge is 2.19. The molecule has 0 saturated heterocycles. The molecule has 1 aromatic rings. The first-order chi connectivity index (χ1) is 9.47. The van der Waals surface area contributed by atoms with E-state index in [4.69, 9.17) is 28.9 Å². The fourth-order valence-electron chi connectivity index (χ4n) is 2.04. The van der Waals surface area contributed by atoms with Crippen molar-refractivity contribution in [2.75, 3.05) is 13.6 Å². The van der Waals surface area contributed by atoms with Crippen LogP contribution in [0.1, 0.15) is 44.2 Å². The van der Waals surface area contributed by atoms with Crippen LogP contribution in [-0.2, 0) is 4.79 Å². The van der Waals surface area contributed by atoms with Gasteiger partial charge in [-0.25, -0.2) is 0 Å². The van der Waals surface area contributed by atoms with E-state index >= 15 is 0 Å². The molecule has 0 radical (unpaired) electrons. The lowest BCUT2D eigenvalue weighted by Gasteiger charge is -2.26. The van der Waals surface area contributed by atoms with E-state index in [-0.39, 0.29) is 11.9 Å². The standard InChI is InChI=1S/C15H22Cl2N2O/c1-11(13-8-7-12(16)10-14(13)17)19(2)15(20)6-4-3-5-9-18/h7-8,10-11H,3-6,9,18H2,1-2H3. The number of nitrogens with two attached hydrogens (primary N) is 1. The number of rotatable bonds is 7. The van der Waals surface area contributed by atoms with Crippen molar-refractivity contribution in [2.45, 2.75) is 38.6 Å². The molecule has 2 N–H and O–H groups in total. The van der Waals surface area contributed by atoms with Crippen LogP contribution in [0.4, 0.5) is 0 Å². The molecule has 0 saturated carbocycles. The minimum atomic E-state index is -0.0678. The summed E-state index contributed by atoms with van der Waals surface area (Å²) in [5.41, 5.74) is 6.35. The largest absolute Gasteiger partial charge is 0.339 e. The zero-order valence-corrected chi connectivity index (χ0v) is 13.5. The smallest absolute Gasteiger partial charge is 0.222 e. The summed E-state index contributed by atoms with van der Waals surface area (Å²) in [6.45, 7) is 2.65. The van der Waals surface area contributed by atoms with E-state index in [0.717, 1.165) is 24.8 Å². The molecule has 0 aliphatic heterocycles. The highest BCUT2D eigenvalue weighted by atomic mass is 35.5. The maximum Gasteiger partial charge on any atom is 0.222 e. The Hall–Kier alpha value is -0.770. The molecule has 1 atom stereocenters. The molecule has 0 aliphatic rings. The van der Waals surface area contributed by atoms with Gasteiger partial charge >= 0.3 is 0 Å². The molecule has 0 fully saturated rings. The summed E-state index contributed by atoms with van der Waals surface area (Å²) in [5, 5.41) is 1.19. The third-order valence-electron chi connectivity index (χ3n) is 3.48. The van der Waals surface area contributed by atoms with Crippen molar-refractivity contribution in [1.29, 1.82) is 0 Å². The van der Waals surface area contributed by atoms with Crippen LogP contribution in [0.25, 0.3) is 0 Å². The summed E-state index contributed by atoms with van der Waals surface area (Å²) in [6.07, 6.45) is 3.38. The van der Waals surface area contributed by atoms with Crippen molar-refractivity contribution >= 4 is 29.1 Å². The Morgan fingerprint density at radius 1 is 1.30 bits per heavy atom. The summed E-state index contributed by atoms with van der Waals surface area (Å²) in [6, 6.07) is 5.29. The fourth-order valence-corrected chi connectivity index (χ4v) is 2.61. The number of carbonyl (C=O) groups excluding carboxylic acids is 1. The second-order valence-electron chi connectivity index (χ2n) is 4.95. The Kier molecular flexibility index (Phi) is 7.35. The number of amides is 1. The molecule has 0 spiro atoms. The van der Waals surface area contributed by atoms with Crippen molar-refractivity contribution in [3.63, 3.8) is 0 Å². The van der Waals surface area contributed by atoms with E-state index in [1.807, 2.05) is 13.0 Å². The Balaban J connectivity index is 2.61. The maximum absolute atomic E-state index is 12.1. The number of halogens is 2. The Bertz CT molecular complexity index is 451. The normalized spacial score (nSPS) is 12.2. The van der Waals surface area contributed by atoms with Crippen LogP contribution in [0.3, 0.4) is 0 Å². The monoisotopic (exact) mass is 316 g/mol. The first kappa shape index (κ1) is 17.3. The topological polar surface area (TPSA) is 46.3 Å². The first-order valence-corrected chi connectivity index (χ1v) is 7.63. The van der Waals surface area contributed by atoms with Crippen LogP contribution in [0.2, 0.25) is 10.0 Å². The van der Waals surface area contributed by atoms with E-state index < -0.39 is 0 Å². The number of hydrogen-bond acceptors (Lipinski definition) is 2. The molecule has 1 amide bonds. The predicted octanol–water partition coefficient (Wildman–Crippen LogP) is 4.03. The van der Waals surface area contributed by atoms with Crippen LogP contribution in [0, 0.1) is 0 Å². The van der Waals surface area contributed by atoms with Crippen molar-refractivity contribution in [1.82, 2.24) is 4.90 Å². The van der Waals surface area contributed by atoms with Crippen molar-refractivity contribution in [2.24, 2.45) is 5.73 Å². The second kappa shape index (κ2) is 8.50. The minimum Gasteiger partial charge on any atom is -0.339 e. The maximum atomic E-state index is 12.1. The van der Waals surface area contributed by atoms with Gasteiger partial charge in [0.25, 0.3) is 0 Å². The molecule has 0 aliphatic carbocycles. The molecule has 20 heavy (non-hydrogen) atoms. The number of carbonyl (C=O) groups is 1. The van der Waals surface area contributed by atoms with E-state index in [1.54, 1.807) is 24.1 Å². The summed E-state index contributed by atoms with van der Waals surface area (Å²) in [5.74, 6) is 0.125. The van der Waals surface area contributed by atoms with Crippen molar-refractivity contribution in [3.05, 3.63) is 33.8 Å². The minimum absolute atomic E-state index is 0.0678. The summed E-state index contributed by atoms with van der Waals surface area (Å²) in [4.78, 5) is 13.9. The average molecular weight is 317 g/mol. The van der Waals surface area contributed by atoms with Gasteiger partial charge in [-0.15, -0.1) is 0 Å². The molecule has 0 heterocycles. The molecule has 3 nitrogen and oxygen atoms in total. The van der Waals surface area contributed by atoms with Crippen LogP contribution >= 0.6 is 23.2 Å². The van der Waals surface area contributed by atoms with Crippen LogP contribution in [0.5, 0.6) is 0 Å². The van der Waals surface area contributed by atoms with Crippen molar-refractivity contribution < 1.29 is 4.79 Å². The van der Waals surface area contributed by atoms with Crippen LogP contribution in [0.15, 0.2) is 18.2 Å². The molecular formula is C15H22Cl2N2O. The molecule has 0 bridgehead atoms. The predicted molar refractivity (Wildman–Crippen MR) is 85.2 cm³/mol. The molecule has 5 heteroatoms. The molecule has 0 aromatic heterocycles. The first-order valence-electron chi connectivity index (χ1n) is 6.88. The van der Waals surface area contributed by atoms with E-state index in [2.05, 4.69) is 0 Å². The Labute approximate surface area is 131 Å². The lowest BCUT2D eigenvalue weighted by atomic mass is 10.1. The molecule has 1 unspecified atom stereocenters. The van der Waals surface area contributed by atoms with Crippen LogP contribution < -0.4 is 5.73 Å². The average Bonchev–Trinajstić information content (AvgIpc) is 2.42. The van der Waals surface area contributed by atoms with Gasteiger partial charge < -0.3 is 10.6 Å². The Morgan fingerprint density at radius 2 is 2.00 bits per heavy atom. The quantitative estimate of drug-likeness (QED) is 0.772. The van der Waals surface area contributed by atoms with Gasteiger partial charge in [0.1, 0.15) is 0 Å². The summed E-state index contributed by atoms with van der Waals surface area (Å²) < 4.78 is 0. The molecular weight excluding hydrogens is 295 g/mol. The SMILES string of the molecule is CC(c1ccc(Cl)cc1Cl)N(C)C(=O)CCCCCN. The number of benzene rings is 1.